The van der Waals surface area contributed by atoms with Crippen molar-refractivity contribution in [2.75, 3.05) is 18.1 Å². The number of aliphatic hydroxyl groups is 1. The number of hydrogen-bond acceptors (Lipinski definition) is 3. The Hall–Kier alpha value is -0.100. The fourth-order valence-corrected chi connectivity index (χ4v) is 4.88. The number of thioether (sulfide) groups is 1. The average Bonchev–Trinajstić information content (AvgIpc) is 2.50. The minimum absolute atomic E-state index is 0.0525. The molecular formula is C16H20BrFO2S. The predicted octanol–water partition coefficient (Wildman–Crippen LogP) is 4.31. The lowest BCUT2D eigenvalue weighted by Gasteiger charge is -2.44. The second-order valence-electron chi connectivity index (χ2n) is 6.02. The lowest BCUT2D eigenvalue weighted by molar-refractivity contribution is -0.121. The molecule has 2 unspecified atom stereocenters. The van der Waals surface area contributed by atoms with Gasteiger partial charge in [0.2, 0.25) is 0 Å². The van der Waals surface area contributed by atoms with Gasteiger partial charge in [0.25, 0.3) is 0 Å². The molecule has 1 spiro atoms. The van der Waals surface area contributed by atoms with Gasteiger partial charge in [-0.25, -0.2) is 4.39 Å². The van der Waals surface area contributed by atoms with Crippen LogP contribution >= 0.6 is 27.7 Å². The van der Waals surface area contributed by atoms with Gasteiger partial charge < -0.3 is 9.84 Å². The van der Waals surface area contributed by atoms with Crippen molar-refractivity contribution in [3.05, 3.63) is 34.1 Å². The van der Waals surface area contributed by atoms with E-state index in [0.717, 1.165) is 37.2 Å². The van der Waals surface area contributed by atoms with E-state index >= 15 is 0 Å². The van der Waals surface area contributed by atoms with Gasteiger partial charge in [0, 0.05) is 6.61 Å². The summed E-state index contributed by atoms with van der Waals surface area (Å²) < 4.78 is 20.2. The number of ether oxygens (including phenoxy) is 1. The van der Waals surface area contributed by atoms with Crippen LogP contribution in [0.25, 0.3) is 0 Å². The van der Waals surface area contributed by atoms with Crippen LogP contribution in [-0.4, -0.2) is 28.8 Å². The number of aliphatic hydroxyl groups excluding tert-OH is 1. The molecule has 1 aromatic carbocycles. The Morgan fingerprint density at radius 3 is 2.86 bits per heavy atom. The second kappa shape index (κ2) is 6.57. The Morgan fingerprint density at radius 1 is 1.38 bits per heavy atom. The Kier molecular flexibility index (Phi) is 4.94. The molecule has 0 aromatic heterocycles. The summed E-state index contributed by atoms with van der Waals surface area (Å²) >= 11 is 5.13. The molecule has 2 saturated heterocycles. The monoisotopic (exact) mass is 374 g/mol. The maximum Gasteiger partial charge on any atom is 0.137 e. The topological polar surface area (TPSA) is 29.5 Å². The van der Waals surface area contributed by atoms with Crippen molar-refractivity contribution in [3.8, 4) is 0 Å². The van der Waals surface area contributed by atoms with Gasteiger partial charge in [-0.3, -0.25) is 0 Å². The molecule has 2 atom stereocenters. The highest BCUT2D eigenvalue weighted by Gasteiger charge is 2.41. The molecule has 2 aliphatic rings. The summed E-state index contributed by atoms with van der Waals surface area (Å²) in [6, 6.07) is 4.91. The molecular weight excluding hydrogens is 355 g/mol. The molecule has 116 valence electrons. The van der Waals surface area contributed by atoms with Crippen molar-refractivity contribution in [1.82, 2.24) is 0 Å². The van der Waals surface area contributed by atoms with E-state index in [9.17, 15) is 9.50 Å². The van der Waals surface area contributed by atoms with Crippen LogP contribution in [0.5, 0.6) is 0 Å². The van der Waals surface area contributed by atoms with Gasteiger partial charge in [-0.2, -0.15) is 11.8 Å². The third-order valence-corrected chi connectivity index (χ3v) is 6.30. The maximum absolute atomic E-state index is 13.7. The van der Waals surface area contributed by atoms with E-state index in [1.807, 2.05) is 11.8 Å². The van der Waals surface area contributed by atoms with Gasteiger partial charge in [-0.05, 0) is 76.7 Å². The van der Waals surface area contributed by atoms with Gasteiger partial charge in [0.05, 0.1) is 16.2 Å². The molecule has 2 fully saturated rings. The van der Waals surface area contributed by atoms with Gasteiger partial charge in [-0.15, -0.1) is 0 Å². The Labute approximate surface area is 137 Å². The van der Waals surface area contributed by atoms with Crippen LogP contribution < -0.4 is 0 Å². The van der Waals surface area contributed by atoms with Gasteiger partial charge >= 0.3 is 0 Å². The molecule has 1 aromatic rings. The standard InChI is InChI=1S/C16H20BrFO2S/c17-13-2-1-11(9-14(13)18)15(19)12-3-6-20-16(10-12)4-7-21-8-5-16/h1-2,9,12,15,19H,3-8,10H2. The molecule has 0 radical (unpaired) electrons. The normalized spacial score (nSPS) is 26.7. The molecule has 1 N–H and O–H groups in total. The van der Waals surface area contributed by atoms with Crippen molar-refractivity contribution in [3.63, 3.8) is 0 Å². The molecule has 2 nitrogen and oxygen atoms in total. The Bertz CT molecular complexity index is 500. The van der Waals surface area contributed by atoms with Crippen LogP contribution in [0.3, 0.4) is 0 Å². The number of halogens is 2. The van der Waals surface area contributed by atoms with E-state index in [1.54, 1.807) is 12.1 Å². The summed E-state index contributed by atoms with van der Waals surface area (Å²) in [5.41, 5.74) is 0.617. The fraction of sp³-hybridized carbons (Fsp3) is 0.625. The van der Waals surface area contributed by atoms with E-state index < -0.39 is 6.10 Å². The quantitative estimate of drug-likeness (QED) is 0.835. The highest BCUT2D eigenvalue weighted by molar-refractivity contribution is 9.10. The molecule has 2 heterocycles. The zero-order valence-electron chi connectivity index (χ0n) is 11.9. The summed E-state index contributed by atoms with van der Waals surface area (Å²) in [6.07, 6.45) is 3.24. The molecule has 5 heteroatoms. The largest absolute Gasteiger partial charge is 0.388 e. The molecule has 0 saturated carbocycles. The maximum atomic E-state index is 13.7. The van der Waals surface area contributed by atoms with Crippen LogP contribution in [0, 0.1) is 11.7 Å². The van der Waals surface area contributed by atoms with E-state index in [1.165, 1.54) is 6.07 Å². The van der Waals surface area contributed by atoms with Gasteiger partial charge in [0.15, 0.2) is 0 Å². The second-order valence-corrected chi connectivity index (χ2v) is 8.09. The van der Waals surface area contributed by atoms with E-state index in [0.29, 0.717) is 16.6 Å². The molecule has 0 bridgehead atoms. The third kappa shape index (κ3) is 3.46. The zero-order chi connectivity index (χ0) is 14.9. The highest BCUT2D eigenvalue weighted by atomic mass is 79.9. The van der Waals surface area contributed by atoms with Crippen molar-refractivity contribution in [2.45, 2.75) is 37.4 Å². The smallest absolute Gasteiger partial charge is 0.137 e. The number of hydrogen-bond donors (Lipinski definition) is 1. The van der Waals surface area contributed by atoms with Crippen LogP contribution in [0.4, 0.5) is 4.39 Å². The summed E-state index contributed by atoms with van der Waals surface area (Å²) in [6.45, 7) is 0.700. The lowest BCUT2D eigenvalue weighted by atomic mass is 9.78. The molecule has 21 heavy (non-hydrogen) atoms. The fourth-order valence-electron chi connectivity index (χ4n) is 3.40. The van der Waals surface area contributed by atoms with Crippen LogP contribution in [0.15, 0.2) is 22.7 Å². The van der Waals surface area contributed by atoms with Crippen LogP contribution in [0.2, 0.25) is 0 Å². The van der Waals surface area contributed by atoms with E-state index in [2.05, 4.69) is 15.9 Å². The van der Waals surface area contributed by atoms with Crippen molar-refractivity contribution in [1.29, 1.82) is 0 Å². The first-order valence-corrected chi connectivity index (χ1v) is 9.39. The van der Waals surface area contributed by atoms with Gasteiger partial charge in [0.1, 0.15) is 5.82 Å². The first-order valence-electron chi connectivity index (χ1n) is 7.44. The summed E-state index contributed by atoms with van der Waals surface area (Å²) in [5, 5.41) is 10.6. The lowest BCUT2D eigenvalue weighted by Crippen LogP contribution is -2.44. The molecule has 0 amide bonds. The summed E-state index contributed by atoms with van der Waals surface area (Å²) in [5.74, 6) is 2.11. The minimum Gasteiger partial charge on any atom is -0.388 e. The summed E-state index contributed by atoms with van der Waals surface area (Å²) in [7, 11) is 0. The summed E-state index contributed by atoms with van der Waals surface area (Å²) in [4.78, 5) is 0. The predicted molar refractivity (Wildman–Crippen MR) is 87.0 cm³/mol. The van der Waals surface area contributed by atoms with E-state index in [4.69, 9.17) is 4.74 Å². The Balaban J connectivity index is 1.74. The Morgan fingerprint density at radius 2 is 2.14 bits per heavy atom. The van der Waals surface area contributed by atoms with Crippen LogP contribution in [0.1, 0.15) is 37.4 Å². The highest BCUT2D eigenvalue weighted by Crippen LogP contribution is 2.43. The van der Waals surface area contributed by atoms with E-state index in [-0.39, 0.29) is 17.3 Å². The SMILES string of the molecule is OC(c1ccc(Br)c(F)c1)C1CCOC2(CCSCC2)C1. The number of benzene rings is 1. The van der Waals surface area contributed by atoms with Crippen LogP contribution in [-0.2, 0) is 4.74 Å². The molecule has 2 aliphatic heterocycles. The van der Waals surface area contributed by atoms with Crippen molar-refractivity contribution < 1.29 is 14.2 Å². The van der Waals surface area contributed by atoms with Gasteiger partial charge in [-0.1, -0.05) is 6.07 Å². The molecule has 3 rings (SSSR count). The first kappa shape index (κ1) is 15.8. The average molecular weight is 375 g/mol. The zero-order valence-corrected chi connectivity index (χ0v) is 14.3. The van der Waals surface area contributed by atoms with Crippen molar-refractivity contribution >= 4 is 27.7 Å². The third-order valence-electron chi connectivity index (χ3n) is 4.67. The molecule has 0 aliphatic carbocycles. The van der Waals surface area contributed by atoms with Crippen molar-refractivity contribution in [2.24, 2.45) is 5.92 Å². The minimum atomic E-state index is -0.608. The first-order chi connectivity index (χ1) is 10.1. The number of rotatable bonds is 2.